The molecule has 0 fully saturated rings. The first-order valence-corrected chi connectivity index (χ1v) is 10.6. The summed E-state index contributed by atoms with van der Waals surface area (Å²) >= 11 is 5.51. The van der Waals surface area contributed by atoms with Gasteiger partial charge < -0.3 is 10.1 Å². The number of nitrogens with one attached hydrogen (secondary N) is 2. The summed E-state index contributed by atoms with van der Waals surface area (Å²) in [5.41, 5.74) is 4.13. The second kappa shape index (κ2) is 9.27. The van der Waals surface area contributed by atoms with Gasteiger partial charge in [-0.2, -0.15) is 5.10 Å². The zero-order valence-electron chi connectivity index (χ0n) is 17.0. The molecule has 2 N–H and O–H groups in total. The monoisotopic (exact) mass is 451 g/mol. The van der Waals surface area contributed by atoms with Crippen molar-refractivity contribution >= 4 is 41.8 Å². The molecule has 158 valence electrons. The van der Waals surface area contributed by atoms with Crippen molar-refractivity contribution in [3.8, 4) is 17.0 Å². The summed E-state index contributed by atoms with van der Waals surface area (Å²) in [5.74, 6) is 1.43. The van der Waals surface area contributed by atoms with Crippen molar-refractivity contribution in [1.29, 1.82) is 0 Å². The molecule has 0 amide bonds. The number of aromatic amines is 1. The van der Waals surface area contributed by atoms with Crippen molar-refractivity contribution in [2.75, 3.05) is 12.4 Å². The number of allylic oxidation sites excluding steroid dienone is 1. The molecular weight excluding hydrogens is 430 g/mol. The molecule has 0 atom stereocenters. The SMILES string of the molecule is C=C(C/C(C)=N\S)Nc1nc(Sc2ccc(OC)cc2)cn2c(-c3cn[nH]c3)cnc12. The number of aromatic nitrogens is 5. The van der Waals surface area contributed by atoms with E-state index in [1.807, 2.05) is 48.0 Å². The first kappa shape index (κ1) is 21.0. The molecule has 0 unspecified atom stereocenters. The maximum atomic E-state index is 5.25. The Balaban J connectivity index is 1.74. The highest BCUT2D eigenvalue weighted by Crippen LogP contribution is 2.32. The molecular formula is C21H21N7OS2. The van der Waals surface area contributed by atoms with Crippen LogP contribution in [0.5, 0.6) is 5.75 Å². The maximum absolute atomic E-state index is 5.25. The molecule has 3 aromatic heterocycles. The molecule has 4 rings (SSSR count). The van der Waals surface area contributed by atoms with Crippen molar-refractivity contribution < 1.29 is 4.74 Å². The smallest absolute Gasteiger partial charge is 0.181 e. The van der Waals surface area contributed by atoms with Gasteiger partial charge in [0.2, 0.25) is 0 Å². The number of methoxy groups -OCH3 is 1. The van der Waals surface area contributed by atoms with Crippen LogP contribution in [0.2, 0.25) is 0 Å². The Kier molecular flexibility index (Phi) is 6.28. The van der Waals surface area contributed by atoms with Gasteiger partial charge in [-0.05, 0) is 44.0 Å². The average molecular weight is 452 g/mol. The van der Waals surface area contributed by atoms with Crippen molar-refractivity contribution in [2.24, 2.45) is 4.40 Å². The third kappa shape index (κ3) is 4.75. The molecule has 10 heteroatoms. The van der Waals surface area contributed by atoms with E-state index in [9.17, 15) is 0 Å². The Hall–Kier alpha value is -3.24. The lowest BCUT2D eigenvalue weighted by Crippen LogP contribution is -2.07. The van der Waals surface area contributed by atoms with Crippen LogP contribution in [-0.2, 0) is 0 Å². The van der Waals surface area contributed by atoms with Gasteiger partial charge in [-0.1, -0.05) is 18.3 Å². The fourth-order valence-corrected chi connectivity index (χ4v) is 3.90. The zero-order chi connectivity index (χ0) is 21.8. The molecule has 0 aliphatic heterocycles. The number of hydrogen-bond donors (Lipinski definition) is 3. The summed E-state index contributed by atoms with van der Waals surface area (Å²) in [6.45, 7) is 5.99. The molecule has 0 radical (unpaired) electrons. The van der Waals surface area contributed by atoms with Gasteiger partial charge in [0.1, 0.15) is 10.8 Å². The lowest BCUT2D eigenvalue weighted by molar-refractivity contribution is 0.414. The van der Waals surface area contributed by atoms with E-state index < -0.39 is 0 Å². The van der Waals surface area contributed by atoms with Gasteiger partial charge in [-0.3, -0.25) is 9.50 Å². The Labute approximate surface area is 189 Å². The number of ether oxygens (including phenoxy) is 1. The van der Waals surface area contributed by atoms with Crippen LogP contribution in [0.3, 0.4) is 0 Å². The van der Waals surface area contributed by atoms with Gasteiger partial charge in [0.15, 0.2) is 11.5 Å². The van der Waals surface area contributed by atoms with E-state index in [1.54, 1.807) is 31.3 Å². The average Bonchev–Trinajstić information content (AvgIpc) is 3.44. The molecule has 3 heterocycles. The lowest BCUT2D eigenvalue weighted by Gasteiger charge is -2.12. The molecule has 31 heavy (non-hydrogen) atoms. The van der Waals surface area contributed by atoms with Gasteiger partial charge in [-0.15, -0.1) is 0 Å². The topological polar surface area (TPSA) is 92.5 Å². The second-order valence-corrected chi connectivity index (χ2v) is 8.06. The summed E-state index contributed by atoms with van der Waals surface area (Å²) in [6.07, 6.45) is 7.92. The molecule has 0 saturated heterocycles. The van der Waals surface area contributed by atoms with Gasteiger partial charge >= 0.3 is 0 Å². The summed E-state index contributed by atoms with van der Waals surface area (Å²) in [6, 6.07) is 7.85. The molecule has 0 aliphatic rings. The van der Waals surface area contributed by atoms with Gasteiger partial charge in [0.05, 0.1) is 25.2 Å². The standard InChI is InChI=1S/C21H21N7OS2/c1-13(8-14(2)27-30)25-20-21-22-11-18(15-9-23-24-10-15)28(21)12-19(26-20)31-17-6-4-16(29-3)5-7-17/h4-7,9-12,30H,1,8H2,2-3H3,(H,23,24)(H,25,26)/b27-14-. The number of nitrogens with zero attached hydrogens (tertiary/aromatic N) is 5. The van der Waals surface area contributed by atoms with Crippen LogP contribution in [0.4, 0.5) is 5.82 Å². The number of rotatable bonds is 8. The predicted molar refractivity (Wildman–Crippen MR) is 127 cm³/mol. The molecule has 0 aliphatic carbocycles. The van der Waals surface area contributed by atoms with Gasteiger partial charge in [0, 0.05) is 40.7 Å². The van der Waals surface area contributed by atoms with Crippen molar-refractivity contribution in [3.05, 3.63) is 61.3 Å². The number of anilines is 1. The van der Waals surface area contributed by atoms with E-state index in [0.29, 0.717) is 17.9 Å². The van der Waals surface area contributed by atoms with Crippen molar-refractivity contribution in [3.63, 3.8) is 0 Å². The van der Waals surface area contributed by atoms with Gasteiger partial charge in [-0.25, -0.2) is 14.4 Å². The first-order chi connectivity index (χ1) is 15.1. The van der Waals surface area contributed by atoms with Crippen LogP contribution in [-0.4, -0.2) is 37.4 Å². The summed E-state index contributed by atoms with van der Waals surface area (Å²) in [5, 5.41) is 11.0. The van der Waals surface area contributed by atoms with Crippen LogP contribution in [0.1, 0.15) is 13.3 Å². The molecule has 1 aromatic carbocycles. The highest BCUT2D eigenvalue weighted by Gasteiger charge is 2.15. The summed E-state index contributed by atoms with van der Waals surface area (Å²) in [4.78, 5) is 10.4. The Bertz CT molecular complexity index is 1230. The number of thiol groups is 1. The van der Waals surface area contributed by atoms with E-state index in [0.717, 1.165) is 38.3 Å². The van der Waals surface area contributed by atoms with Gasteiger partial charge in [0.25, 0.3) is 0 Å². The predicted octanol–water partition coefficient (Wildman–Crippen LogP) is 4.90. The van der Waals surface area contributed by atoms with Crippen LogP contribution in [0, 0.1) is 0 Å². The first-order valence-electron chi connectivity index (χ1n) is 9.39. The summed E-state index contributed by atoms with van der Waals surface area (Å²) in [7, 11) is 1.65. The minimum absolute atomic E-state index is 0.558. The highest BCUT2D eigenvalue weighted by molar-refractivity contribution is 7.99. The van der Waals surface area contributed by atoms with Crippen molar-refractivity contribution in [2.45, 2.75) is 23.3 Å². The van der Waals surface area contributed by atoms with Crippen LogP contribution >= 0.6 is 24.6 Å². The third-order valence-corrected chi connectivity index (χ3v) is 5.74. The Morgan fingerprint density at radius 2 is 2.13 bits per heavy atom. The van der Waals surface area contributed by atoms with E-state index >= 15 is 0 Å². The number of fused-ring (bicyclic) bond motifs is 1. The Morgan fingerprint density at radius 1 is 1.32 bits per heavy atom. The maximum Gasteiger partial charge on any atom is 0.181 e. The van der Waals surface area contributed by atoms with Crippen LogP contribution in [0.15, 0.2) is 75.6 Å². The Morgan fingerprint density at radius 3 is 2.81 bits per heavy atom. The molecule has 4 aromatic rings. The molecule has 8 nitrogen and oxygen atoms in total. The number of imidazole rings is 1. The minimum atomic E-state index is 0.558. The van der Waals surface area contributed by atoms with Crippen LogP contribution < -0.4 is 10.1 Å². The molecule has 0 spiro atoms. The second-order valence-electron chi connectivity index (χ2n) is 6.77. The number of hydrogen-bond acceptors (Lipinski definition) is 8. The van der Waals surface area contributed by atoms with E-state index in [-0.39, 0.29) is 0 Å². The minimum Gasteiger partial charge on any atom is -0.497 e. The normalized spacial score (nSPS) is 11.6. The molecule has 0 bridgehead atoms. The fraction of sp³-hybridized carbons (Fsp3) is 0.143. The van der Waals surface area contributed by atoms with Crippen LogP contribution in [0.25, 0.3) is 16.9 Å². The van der Waals surface area contributed by atoms with E-state index in [1.165, 1.54) is 0 Å². The molecule has 0 saturated carbocycles. The lowest BCUT2D eigenvalue weighted by atomic mass is 10.2. The third-order valence-electron chi connectivity index (χ3n) is 4.48. The van der Waals surface area contributed by atoms with E-state index in [2.05, 4.69) is 44.3 Å². The zero-order valence-corrected chi connectivity index (χ0v) is 18.7. The highest BCUT2D eigenvalue weighted by atomic mass is 32.2. The summed E-state index contributed by atoms with van der Waals surface area (Å²) < 4.78 is 11.1. The largest absolute Gasteiger partial charge is 0.497 e. The quantitative estimate of drug-likeness (QED) is 0.261. The number of benzene rings is 1. The van der Waals surface area contributed by atoms with E-state index in [4.69, 9.17) is 9.72 Å². The number of H-pyrrole nitrogens is 1. The van der Waals surface area contributed by atoms with Crippen molar-refractivity contribution in [1.82, 2.24) is 24.6 Å². The fourth-order valence-electron chi connectivity index (χ4n) is 3.02.